The molecule has 18 heavy (non-hydrogen) atoms. The van der Waals surface area contributed by atoms with E-state index in [1.165, 1.54) is 6.07 Å². The van der Waals surface area contributed by atoms with Gasteiger partial charge in [0.2, 0.25) is 0 Å². The molecule has 0 saturated carbocycles. The fraction of sp³-hybridized carbons (Fsp3) is 0.462. The molecule has 0 aliphatic heterocycles. The number of carboxylic acids is 1. The van der Waals surface area contributed by atoms with Gasteiger partial charge in [-0.25, -0.2) is 0 Å². The van der Waals surface area contributed by atoms with E-state index in [1.807, 2.05) is 20.8 Å². The van der Waals surface area contributed by atoms with E-state index in [0.29, 0.717) is 11.3 Å². The number of nitrogens with two attached hydrogens (primary N) is 1. The van der Waals surface area contributed by atoms with Gasteiger partial charge in [0.15, 0.2) is 11.5 Å². The number of carboxylic acid groups (broad SMARTS) is 1. The minimum absolute atomic E-state index is 0.0255. The summed E-state index contributed by atoms with van der Waals surface area (Å²) in [5, 5.41) is 18.4. The predicted molar refractivity (Wildman–Crippen MR) is 67.8 cm³/mol. The molecular formula is C13H19NO4. The largest absolute Gasteiger partial charge is 0.504 e. The van der Waals surface area contributed by atoms with E-state index in [4.69, 9.17) is 15.6 Å². The molecule has 4 N–H and O–H groups in total. The zero-order chi connectivity index (χ0) is 13.9. The average molecular weight is 253 g/mol. The van der Waals surface area contributed by atoms with Crippen molar-refractivity contribution in [3.05, 3.63) is 23.8 Å². The summed E-state index contributed by atoms with van der Waals surface area (Å²) in [6.45, 7) is 5.59. The van der Waals surface area contributed by atoms with Crippen molar-refractivity contribution in [1.82, 2.24) is 0 Å². The molecule has 1 unspecified atom stereocenters. The van der Waals surface area contributed by atoms with Gasteiger partial charge in [-0.05, 0) is 44.9 Å². The van der Waals surface area contributed by atoms with Gasteiger partial charge in [-0.2, -0.15) is 0 Å². The van der Waals surface area contributed by atoms with Crippen LogP contribution >= 0.6 is 0 Å². The number of phenols is 1. The Bertz CT molecular complexity index is 437. The second-order valence-corrected chi connectivity index (χ2v) is 5.17. The number of rotatable bonds is 4. The molecule has 0 saturated heterocycles. The highest BCUT2D eigenvalue weighted by molar-refractivity contribution is 5.73. The van der Waals surface area contributed by atoms with Gasteiger partial charge >= 0.3 is 5.97 Å². The maximum atomic E-state index is 10.7. The van der Waals surface area contributed by atoms with E-state index in [9.17, 15) is 9.90 Å². The summed E-state index contributed by atoms with van der Waals surface area (Å²) in [6, 6.07) is 3.76. The number of carbonyl (C=O) groups is 1. The van der Waals surface area contributed by atoms with Crippen LogP contribution < -0.4 is 10.5 Å². The van der Waals surface area contributed by atoms with Crippen LogP contribution in [-0.4, -0.2) is 27.8 Å². The standard InChI is InChI=1S/C13H19NO4/c1-13(2,3)18-11-7-8(4-5-10(11)15)6-9(14)12(16)17/h4-5,7,9,15H,6,14H2,1-3H3,(H,16,17). The van der Waals surface area contributed by atoms with Crippen LogP contribution in [0.4, 0.5) is 0 Å². The van der Waals surface area contributed by atoms with E-state index >= 15 is 0 Å². The summed E-state index contributed by atoms with van der Waals surface area (Å²) >= 11 is 0. The average Bonchev–Trinajstić information content (AvgIpc) is 2.20. The summed E-state index contributed by atoms with van der Waals surface area (Å²) in [6.07, 6.45) is 0.191. The van der Waals surface area contributed by atoms with E-state index < -0.39 is 17.6 Å². The van der Waals surface area contributed by atoms with E-state index in [1.54, 1.807) is 12.1 Å². The Morgan fingerprint density at radius 3 is 2.56 bits per heavy atom. The maximum absolute atomic E-state index is 10.7. The normalized spacial score (nSPS) is 13.1. The van der Waals surface area contributed by atoms with Crippen LogP contribution in [0.2, 0.25) is 0 Å². The fourth-order valence-electron chi connectivity index (χ4n) is 1.44. The molecule has 0 spiro atoms. The third-order valence-corrected chi connectivity index (χ3v) is 2.21. The van der Waals surface area contributed by atoms with Crippen LogP contribution in [0.15, 0.2) is 18.2 Å². The Labute approximate surface area is 106 Å². The molecular weight excluding hydrogens is 234 g/mol. The third kappa shape index (κ3) is 4.25. The van der Waals surface area contributed by atoms with Crippen LogP contribution in [0.25, 0.3) is 0 Å². The number of ether oxygens (including phenoxy) is 1. The fourth-order valence-corrected chi connectivity index (χ4v) is 1.44. The van der Waals surface area contributed by atoms with E-state index in [0.717, 1.165) is 0 Å². The summed E-state index contributed by atoms with van der Waals surface area (Å²) in [5.74, 6) is -0.698. The zero-order valence-electron chi connectivity index (χ0n) is 10.8. The van der Waals surface area contributed by atoms with E-state index in [-0.39, 0.29) is 12.2 Å². The molecule has 0 aromatic heterocycles. The minimum Gasteiger partial charge on any atom is -0.504 e. The number of aromatic hydroxyl groups is 1. The number of aliphatic carboxylic acids is 1. The van der Waals surface area contributed by atoms with Gasteiger partial charge in [0, 0.05) is 0 Å². The molecule has 0 fully saturated rings. The first-order valence-electron chi connectivity index (χ1n) is 5.68. The molecule has 0 heterocycles. The predicted octanol–water partition coefficient (Wildman–Crippen LogP) is 1.52. The molecule has 5 nitrogen and oxygen atoms in total. The monoisotopic (exact) mass is 253 g/mol. The molecule has 0 radical (unpaired) electrons. The molecule has 1 aromatic carbocycles. The smallest absolute Gasteiger partial charge is 0.320 e. The first-order valence-corrected chi connectivity index (χ1v) is 5.68. The molecule has 0 amide bonds. The topological polar surface area (TPSA) is 92.8 Å². The van der Waals surface area contributed by atoms with Gasteiger partial charge in [-0.15, -0.1) is 0 Å². The summed E-state index contributed by atoms with van der Waals surface area (Å²) in [4.78, 5) is 10.7. The van der Waals surface area contributed by atoms with Crippen molar-refractivity contribution in [3.63, 3.8) is 0 Å². The van der Waals surface area contributed by atoms with Crippen molar-refractivity contribution in [2.24, 2.45) is 5.73 Å². The van der Waals surface area contributed by atoms with Crippen molar-refractivity contribution in [2.45, 2.75) is 38.8 Å². The molecule has 0 aliphatic carbocycles. The number of phenolic OH excluding ortho intramolecular Hbond substituents is 1. The van der Waals surface area contributed by atoms with Crippen molar-refractivity contribution < 1.29 is 19.7 Å². The maximum Gasteiger partial charge on any atom is 0.320 e. The van der Waals surface area contributed by atoms with Crippen molar-refractivity contribution in [1.29, 1.82) is 0 Å². The number of hydrogen-bond donors (Lipinski definition) is 3. The quantitative estimate of drug-likeness (QED) is 0.756. The van der Waals surface area contributed by atoms with Gasteiger partial charge in [0.05, 0.1) is 0 Å². The second-order valence-electron chi connectivity index (χ2n) is 5.17. The van der Waals surface area contributed by atoms with Crippen LogP contribution in [0, 0.1) is 0 Å². The molecule has 0 aliphatic rings. The Morgan fingerprint density at radius 1 is 1.44 bits per heavy atom. The lowest BCUT2D eigenvalue weighted by atomic mass is 10.1. The molecule has 0 bridgehead atoms. The lowest BCUT2D eigenvalue weighted by Gasteiger charge is -2.22. The summed E-state index contributed by atoms with van der Waals surface area (Å²) < 4.78 is 5.58. The molecule has 5 heteroatoms. The summed E-state index contributed by atoms with van der Waals surface area (Å²) in [5.41, 5.74) is 5.73. The molecule has 1 rings (SSSR count). The molecule has 1 aromatic rings. The Kier molecular flexibility index (Phi) is 4.19. The van der Waals surface area contributed by atoms with Gasteiger partial charge in [0.1, 0.15) is 11.6 Å². The second kappa shape index (κ2) is 5.27. The number of benzene rings is 1. The SMILES string of the molecule is CC(C)(C)Oc1cc(CC(N)C(=O)O)ccc1O. The highest BCUT2D eigenvalue weighted by Gasteiger charge is 2.17. The van der Waals surface area contributed by atoms with Crippen molar-refractivity contribution >= 4 is 5.97 Å². The first-order chi connectivity index (χ1) is 8.19. The van der Waals surface area contributed by atoms with Crippen LogP contribution in [0.3, 0.4) is 0 Å². The third-order valence-electron chi connectivity index (χ3n) is 2.21. The van der Waals surface area contributed by atoms with Crippen molar-refractivity contribution in [2.75, 3.05) is 0 Å². The highest BCUT2D eigenvalue weighted by Crippen LogP contribution is 2.30. The first kappa shape index (κ1) is 14.3. The Morgan fingerprint density at radius 2 is 2.06 bits per heavy atom. The lowest BCUT2D eigenvalue weighted by molar-refractivity contribution is -0.138. The zero-order valence-corrected chi connectivity index (χ0v) is 10.8. The van der Waals surface area contributed by atoms with Gasteiger partial charge in [-0.1, -0.05) is 6.07 Å². The van der Waals surface area contributed by atoms with Crippen molar-refractivity contribution in [3.8, 4) is 11.5 Å². The molecule has 1 atom stereocenters. The van der Waals surface area contributed by atoms with E-state index in [2.05, 4.69) is 0 Å². The highest BCUT2D eigenvalue weighted by atomic mass is 16.5. The summed E-state index contributed by atoms with van der Waals surface area (Å²) in [7, 11) is 0. The number of hydrogen-bond acceptors (Lipinski definition) is 4. The molecule has 100 valence electrons. The van der Waals surface area contributed by atoms with Crippen LogP contribution in [0.1, 0.15) is 26.3 Å². The van der Waals surface area contributed by atoms with Gasteiger partial charge in [-0.3, -0.25) is 4.79 Å². The minimum atomic E-state index is -1.05. The lowest BCUT2D eigenvalue weighted by Crippen LogP contribution is -2.32. The Balaban J connectivity index is 2.90. The van der Waals surface area contributed by atoms with Gasteiger partial charge in [0.25, 0.3) is 0 Å². The van der Waals surface area contributed by atoms with Crippen LogP contribution in [0.5, 0.6) is 11.5 Å². The van der Waals surface area contributed by atoms with Gasteiger partial charge < -0.3 is 20.7 Å². The Hall–Kier alpha value is -1.75. The van der Waals surface area contributed by atoms with Crippen LogP contribution in [-0.2, 0) is 11.2 Å².